The van der Waals surface area contributed by atoms with E-state index in [0.717, 1.165) is 23.3 Å². The molecule has 0 bridgehead atoms. The normalized spacial score (nSPS) is 16.8. The molecular weight excluding hydrogens is 436 g/mol. The van der Waals surface area contributed by atoms with Gasteiger partial charge in [-0.2, -0.15) is 0 Å². The highest BCUT2D eigenvalue weighted by molar-refractivity contribution is 6.34. The third kappa shape index (κ3) is 3.55. The van der Waals surface area contributed by atoms with E-state index in [2.05, 4.69) is 6.92 Å². The average Bonchev–Trinajstić information content (AvgIpc) is 3.40. The van der Waals surface area contributed by atoms with Crippen LogP contribution < -0.4 is 4.90 Å². The Balaban J connectivity index is 1.65. The number of benzene rings is 2. The predicted molar refractivity (Wildman–Crippen MR) is 124 cm³/mol. The Bertz CT molecular complexity index is 1280. The molecule has 0 radical (unpaired) electrons. The van der Waals surface area contributed by atoms with Crippen molar-refractivity contribution in [3.05, 3.63) is 70.3 Å². The summed E-state index contributed by atoms with van der Waals surface area (Å²) in [4.78, 5) is 44.5. The Morgan fingerprint density at radius 2 is 1.88 bits per heavy atom. The summed E-state index contributed by atoms with van der Waals surface area (Å²) in [6, 6.07) is 11.8. The van der Waals surface area contributed by atoms with E-state index < -0.39 is 23.9 Å². The standard InChI is InChI=1S/C26H24N2O6/c1-3-4-11-33-14-21-22-19(13-34-21)18-12-15(26(31)32-2)9-10-20(18)27-23(22)28-24(29)16-7-5-6-8-17(16)25(28)30/h5-10,12,21H,3-4,11,13-14H2,1-2H3. The van der Waals surface area contributed by atoms with Crippen molar-refractivity contribution >= 4 is 34.5 Å². The number of hydrogen-bond donors (Lipinski definition) is 0. The molecule has 2 aromatic carbocycles. The van der Waals surface area contributed by atoms with Gasteiger partial charge in [-0.3, -0.25) is 9.59 Å². The number of carbonyl (C=O) groups excluding carboxylic acids is 3. The van der Waals surface area contributed by atoms with Crippen molar-refractivity contribution in [3.8, 4) is 0 Å². The monoisotopic (exact) mass is 460 g/mol. The van der Waals surface area contributed by atoms with Gasteiger partial charge in [-0.15, -0.1) is 0 Å². The van der Waals surface area contributed by atoms with E-state index in [0.29, 0.717) is 39.8 Å². The Hall–Kier alpha value is -3.62. The second-order valence-electron chi connectivity index (χ2n) is 8.27. The topological polar surface area (TPSA) is 95.0 Å². The molecule has 8 heteroatoms. The van der Waals surface area contributed by atoms with Crippen molar-refractivity contribution in [1.29, 1.82) is 0 Å². The fraction of sp³-hybridized carbons (Fsp3) is 0.308. The minimum Gasteiger partial charge on any atom is -0.465 e. The largest absolute Gasteiger partial charge is 0.465 e. The van der Waals surface area contributed by atoms with E-state index in [1.807, 2.05) is 0 Å². The molecule has 3 aromatic rings. The van der Waals surface area contributed by atoms with Gasteiger partial charge < -0.3 is 14.2 Å². The number of anilines is 1. The molecule has 2 amide bonds. The Morgan fingerprint density at radius 1 is 1.15 bits per heavy atom. The van der Waals surface area contributed by atoms with E-state index in [1.54, 1.807) is 42.5 Å². The number of imide groups is 1. The highest BCUT2D eigenvalue weighted by Crippen LogP contribution is 2.43. The number of carbonyl (C=O) groups is 3. The van der Waals surface area contributed by atoms with Gasteiger partial charge in [0, 0.05) is 17.6 Å². The molecular formula is C26H24N2O6. The van der Waals surface area contributed by atoms with Crippen LogP contribution in [-0.4, -0.2) is 43.1 Å². The Labute approximate surface area is 196 Å². The third-order valence-corrected chi connectivity index (χ3v) is 6.20. The second kappa shape index (κ2) is 8.96. The number of hydrogen-bond acceptors (Lipinski definition) is 7. The molecule has 0 saturated carbocycles. The molecule has 1 atom stereocenters. The van der Waals surface area contributed by atoms with Crippen LogP contribution in [-0.2, 0) is 20.8 Å². The van der Waals surface area contributed by atoms with Crippen LogP contribution in [0.1, 0.15) is 68.1 Å². The number of amides is 2. The number of rotatable bonds is 7. The van der Waals surface area contributed by atoms with Crippen LogP contribution in [0.25, 0.3) is 10.9 Å². The molecule has 1 unspecified atom stereocenters. The Morgan fingerprint density at radius 3 is 2.56 bits per heavy atom. The summed E-state index contributed by atoms with van der Waals surface area (Å²) in [6.07, 6.45) is 1.43. The summed E-state index contributed by atoms with van der Waals surface area (Å²) >= 11 is 0. The molecule has 5 rings (SSSR count). The van der Waals surface area contributed by atoms with Gasteiger partial charge in [0.2, 0.25) is 0 Å². The Kier molecular flexibility index (Phi) is 5.85. The van der Waals surface area contributed by atoms with Gasteiger partial charge in [0.05, 0.1) is 42.5 Å². The summed E-state index contributed by atoms with van der Waals surface area (Å²) in [7, 11) is 1.33. The first-order valence-electron chi connectivity index (χ1n) is 11.3. The van der Waals surface area contributed by atoms with Crippen molar-refractivity contribution < 1.29 is 28.6 Å². The zero-order valence-corrected chi connectivity index (χ0v) is 19.0. The first kappa shape index (κ1) is 22.2. The van der Waals surface area contributed by atoms with Gasteiger partial charge in [-0.1, -0.05) is 25.5 Å². The quantitative estimate of drug-likeness (QED) is 0.296. The van der Waals surface area contributed by atoms with Crippen LogP contribution in [0.2, 0.25) is 0 Å². The summed E-state index contributed by atoms with van der Waals surface area (Å²) in [6.45, 7) is 3.19. The predicted octanol–water partition coefficient (Wildman–Crippen LogP) is 4.21. The van der Waals surface area contributed by atoms with E-state index in [-0.39, 0.29) is 19.0 Å². The molecule has 0 N–H and O–H groups in total. The van der Waals surface area contributed by atoms with E-state index >= 15 is 0 Å². The first-order chi connectivity index (χ1) is 16.5. The van der Waals surface area contributed by atoms with Crippen molar-refractivity contribution in [2.75, 3.05) is 25.2 Å². The third-order valence-electron chi connectivity index (χ3n) is 6.20. The molecule has 34 heavy (non-hydrogen) atoms. The zero-order valence-electron chi connectivity index (χ0n) is 19.0. The van der Waals surface area contributed by atoms with Crippen LogP contribution in [0.3, 0.4) is 0 Å². The number of pyridine rings is 1. The van der Waals surface area contributed by atoms with E-state index in [4.69, 9.17) is 19.2 Å². The number of fused-ring (bicyclic) bond motifs is 4. The zero-order chi connectivity index (χ0) is 23.8. The molecule has 2 aliphatic heterocycles. The summed E-state index contributed by atoms with van der Waals surface area (Å²) in [5, 5.41) is 0.717. The number of unbranched alkanes of at least 4 members (excludes halogenated alkanes) is 1. The van der Waals surface area contributed by atoms with Crippen LogP contribution in [0.4, 0.5) is 5.82 Å². The fourth-order valence-corrected chi connectivity index (χ4v) is 4.46. The fourth-order valence-electron chi connectivity index (χ4n) is 4.46. The summed E-state index contributed by atoms with van der Waals surface area (Å²) in [5.74, 6) is -1.05. The molecule has 0 aliphatic carbocycles. The lowest BCUT2D eigenvalue weighted by molar-refractivity contribution is -0.00942. The van der Waals surface area contributed by atoms with Crippen molar-refractivity contribution in [2.24, 2.45) is 0 Å². The van der Waals surface area contributed by atoms with Crippen LogP contribution in [0, 0.1) is 0 Å². The summed E-state index contributed by atoms with van der Waals surface area (Å²) < 4.78 is 16.7. The maximum Gasteiger partial charge on any atom is 0.337 e. The molecule has 0 saturated heterocycles. The van der Waals surface area contributed by atoms with Crippen molar-refractivity contribution in [3.63, 3.8) is 0 Å². The number of esters is 1. The minimum atomic E-state index is -0.496. The highest BCUT2D eigenvalue weighted by Gasteiger charge is 2.41. The van der Waals surface area contributed by atoms with Crippen molar-refractivity contribution in [1.82, 2.24) is 4.98 Å². The minimum absolute atomic E-state index is 0.247. The molecule has 8 nitrogen and oxygen atoms in total. The van der Waals surface area contributed by atoms with E-state index in [9.17, 15) is 14.4 Å². The maximum absolute atomic E-state index is 13.3. The number of aromatic nitrogens is 1. The number of ether oxygens (including phenoxy) is 3. The lowest BCUT2D eigenvalue weighted by Crippen LogP contribution is -2.32. The van der Waals surface area contributed by atoms with Gasteiger partial charge >= 0.3 is 5.97 Å². The number of methoxy groups -OCH3 is 1. The SMILES string of the molecule is CCCCOCC1OCc2c1c(N1C(=O)c3ccccc3C1=O)nc1ccc(C(=O)OC)cc21. The lowest BCUT2D eigenvalue weighted by atomic mass is 9.99. The molecule has 2 aliphatic rings. The molecule has 0 fully saturated rings. The molecule has 174 valence electrons. The van der Waals surface area contributed by atoms with E-state index in [1.165, 1.54) is 7.11 Å². The van der Waals surface area contributed by atoms with Gasteiger partial charge in [0.25, 0.3) is 11.8 Å². The smallest absolute Gasteiger partial charge is 0.337 e. The number of nitrogens with zero attached hydrogens (tertiary/aromatic N) is 2. The highest BCUT2D eigenvalue weighted by atomic mass is 16.5. The van der Waals surface area contributed by atoms with Gasteiger partial charge in [0.1, 0.15) is 11.9 Å². The second-order valence-corrected chi connectivity index (χ2v) is 8.27. The molecule has 0 spiro atoms. The molecule has 3 heterocycles. The van der Waals surface area contributed by atoms with Gasteiger partial charge in [-0.25, -0.2) is 14.7 Å². The lowest BCUT2D eigenvalue weighted by Gasteiger charge is -2.21. The van der Waals surface area contributed by atoms with Crippen LogP contribution in [0.5, 0.6) is 0 Å². The van der Waals surface area contributed by atoms with Gasteiger partial charge in [-0.05, 0) is 42.3 Å². The van der Waals surface area contributed by atoms with Crippen LogP contribution >= 0.6 is 0 Å². The average molecular weight is 460 g/mol. The van der Waals surface area contributed by atoms with Crippen molar-refractivity contribution in [2.45, 2.75) is 32.5 Å². The van der Waals surface area contributed by atoms with Crippen LogP contribution in [0.15, 0.2) is 42.5 Å². The maximum atomic E-state index is 13.3. The first-order valence-corrected chi connectivity index (χ1v) is 11.3. The molecule has 1 aromatic heterocycles. The summed E-state index contributed by atoms with van der Waals surface area (Å²) in [5.41, 5.74) is 3.05. The van der Waals surface area contributed by atoms with Gasteiger partial charge in [0.15, 0.2) is 0 Å².